The van der Waals surface area contributed by atoms with Gasteiger partial charge in [-0.3, -0.25) is 0 Å². The van der Waals surface area contributed by atoms with Gasteiger partial charge in [-0.2, -0.15) is 0 Å². The molecule has 0 aromatic heterocycles. The molecule has 0 unspecified atom stereocenters. The number of hydrogen-bond acceptors (Lipinski definition) is 3. The number of halogens is 1. The summed E-state index contributed by atoms with van der Waals surface area (Å²) in [6.07, 6.45) is 1.32. The van der Waals surface area contributed by atoms with Crippen LogP contribution in [0, 0.1) is 0 Å². The van der Waals surface area contributed by atoms with E-state index in [4.69, 9.17) is 4.43 Å². The Morgan fingerprint density at radius 1 is 1.19 bits per heavy atom. The third-order valence-corrected chi connectivity index (χ3v) is 12.0. The molecule has 0 aliphatic carbocycles. The second-order valence-corrected chi connectivity index (χ2v) is 15.3. The van der Waals surface area contributed by atoms with Crippen LogP contribution in [0.2, 0.25) is 18.1 Å². The quantitative estimate of drug-likeness (QED) is 0.518. The van der Waals surface area contributed by atoms with E-state index in [-0.39, 0.29) is 5.04 Å². The molecule has 5 heteroatoms. The second kappa shape index (κ2) is 6.89. The Morgan fingerprint density at radius 2 is 1.81 bits per heavy atom. The van der Waals surface area contributed by atoms with Crippen molar-refractivity contribution < 1.29 is 4.43 Å². The van der Waals surface area contributed by atoms with E-state index in [1.807, 2.05) is 0 Å². The summed E-state index contributed by atoms with van der Waals surface area (Å²) >= 11 is 7.72. The highest BCUT2D eigenvalue weighted by molar-refractivity contribution is 9.10. The van der Waals surface area contributed by atoms with E-state index in [9.17, 15) is 0 Å². The largest absolute Gasteiger partial charge is 0.543 e. The minimum absolute atomic E-state index is 0.226. The van der Waals surface area contributed by atoms with Crippen LogP contribution in [0.15, 0.2) is 22.7 Å². The zero-order valence-electron chi connectivity index (χ0n) is 13.5. The highest BCUT2D eigenvalue weighted by Gasteiger charge is 2.39. The van der Waals surface area contributed by atoms with Crippen LogP contribution in [0.3, 0.4) is 0 Å². The van der Waals surface area contributed by atoms with Crippen molar-refractivity contribution in [1.82, 2.24) is 0 Å². The molecule has 0 bridgehead atoms. The zero-order chi connectivity index (χ0) is 15.7. The van der Waals surface area contributed by atoms with Gasteiger partial charge in [-0.25, -0.2) is 0 Å². The summed E-state index contributed by atoms with van der Waals surface area (Å²) in [5, 5.41) is 0.226. The Bertz CT molecular complexity index is 494. The molecular weight excluding hydrogens is 380 g/mol. The van der Waals surface area contributed by atoms with E-state index >= 15 is 0 Å². The first-order valence-electron chi connectivity index (χ1n) is 7.42. The topological polar surface area (TPSA) is 9.23 Å². The van der Waals surface area contributed by atoms with Crippen LogP contribution >= 0.6 is 39.5 Å². The van der Waals surface area contributed by atoms with Gasteiger partial charge in [-0.05, 0) is 54.3 Å². The van der Waals surface area contributed by atoms with Crippen molar-refractivity contribution in [3.63, 3.8) is 0 Å². The van der Waals surface area contributed by atoms with Crippen molar-refractivity contribution in [2.45, 2.75) is 49.9 Å². The van der Waals surface area contributed by atoms with Crippen LogP contribution in [0.1, 0.15) is 37.3 Å². The molecule has 0 N–H and O–H groups in total. The Morgan fingerprint density at radius 3 is 2.38 bits per heavy atom. The Kier molecular flexibility index (Phi) is 5.83. The van der Waals surface area contributed by atoms with Gasteiger partial charge < -0.3 is 4.43 Å². The molecule has 21 heavy (non-hydrogen) atoms. The van der Waals surface area contributed by atoms with Gasteiger partial charge in [0.1, 0.15) is 5.75 Å². The molecule has 1 heterocycles. The molecule has 1 saturated heterocycles. The highest BCUT2D eigenvalue weighted by Crippen LogP contribution is 2.49. The fraction of sp³-hybridized carbons (Fsp3) is 0.625. The van der Waals surface area contributed by atoms with Crippen LogP contribution in [-0.2, 0) is 0 Å². The molecule has 0 amide bonds. The third-order valence-electron chi connectivity index (χ3n) is 4.22. The first-order chi connectivity index (χ1) is 9.71. The lowest BCUT2D eigenvalue weighted by atomic mass is 10.2. The van der Waals surface area contributed by atoms with Gasteiger partial charge in [-0.15, -0.1) is 23.5 Å². The molecule has 0 atom stereocenters. The van der Waals surface area contributed by atoms with E-state index in [0.717, 1.165) is 10.2 Å². The van der Waals surface area contributed by atoms with E-state index in [2.05, 4.69) is 91.5 Å². The molecule has 2 rings (SSSR count). The molecule has 1 aromatic rings. The summed E-state index contributed by atoms with van der Waals surface area (Å²) in [4.78, 5) is 0. The van der Waals surface area contributed by atoms with Gasteiger partial charge in [-0.1, -0.05) is 36.7 Å². The second-order valence-electron chi connectivity index (χ2n) is 6.97. The predicted molar refractivity (Wildman–Crippen MR) is 104 cm³/mol. The van der Waals surface area contributed by atoms with Gasteiger partial charge in [0, 0.05) is 10.0 Å². The smallest absolute Gasteiger partial charge is 0.250 e. The fourth-order valence-corrected chi connectivity index (χ4v) is 6.24. The first-order valence-corrected chi connectivity index (χ1v) is 13.2. The van der Waals surface area contributed by atoms with Gasteiger partial charge >= 0.3 is 0 Å². The third kappa shape index (κ3) is 4.46. The standard InChI is InChI=1S/C16H25BrOS2Si/c1-16(2,3)21(4,5)18-14-8-7-12(17)11-13(14)15-19-9-6-10-20-15/h7-8,11,15H,6,9-10H2,1-5H3. The van der Waals surface area contributed by atoms with Gasteiger partial charge in [0.15, 0.2) is 0 Å². The Labute approximate surface area is 147 Å². The number of hydrogen-bond donors (Lipinski definition) is 0. The minimum Gasteiger partial charge on any atom is -0.543 e. The molecule has 1 fully saturated rings. The Balaban J connectivity index is 2.31. The normalized spacial score (nSPS) is 17.8. The summed E-state index contributed by atoms with van der Waals surface area (Å²) in [7, 11) is -1.79. The number of benzene rings is 1. The molecule has 0 radical (unpaired) electrons. The summed E-state index contributed by atoms with van der Waals surface area (Å²) in [5.41, 5.74) is 1.35. The van der Waals surface area contributed by atoms with E-state index < -0.39 is 8.32 Å². The fourth-order valence-electron chi connectivity index (χ4n) is 1.89. The molecule has 0 spiro atoms. The lowest BCUT2D eigenvalue weighted by molar-refractivity contribution is 0.488. The summed E-state index contributed by atoms with van der Waals surface area (Å²) in [6.45, 7) is 11.5. The van der Waals surface area contributed by atoms with E-state index in [0.29, 0.717) is 4.58 Å². The lowest BCUT2D eigenvalue weighted by Crippen LogP contribution is -2.44. The maximum Gasteiger partial charge on any atom is 0.250 e. The van der Waals surface area contributed by atoms with Crippen LogP contribution in [-0.4, -0.2) is 19.8 Å². The first kappa shape index (κ1) is 17.8. The highest BCUT2D eigenvalue weighted by atomic mass is 79.9. The summed E-state index contributed by atoms with van der Waals surface area (Å²) in [5.74, 6) is 3.60. The van der Waals surface area contributed by atoms with Gasteiger partial charge in [0.25, 0.3) is 0 Å². The molecule has 118 valence electrons. The van der Waals surface area contributed by atoms with Crippen LogP contribution < -0.4 is 4.43 Å². The van der Waals surface area contributed by atoms with Crippen molar-refractivity contribution in [3.05, 3.63) is 28.2 Å². The van der Waals surface area contributed by atoms with E-state index in [1.165, 1.54) is 23.5 Å². The molecule has 1 nitrogen and oxygen atoms in total. The van der Waals surface area contributed by atoms with E-state index in [1.54, 1.807) is 0 Å². The van der Waals surface area contributed by atoms with Gasteiger partial charge in [0.2, 0.25) is 8.32 Å². The average Bonchev–Trinajstić information content (AvgIpc) is 2.40. The zero-order valence-corrected chi connectivity index (χ0v) is 17.8. The number of rotatable bonds is 3. The molecule has 0 saturated carbocycles. The minimum atomic E-state index is -1.79. The van der Waals surface area contributed by atoms with Crippen LogP contribution in [0.5, 0.6) is 5.75 Å². The SMILES string of the molecule is CC(C)(C)[Si](C)(C)Oc1ccc(Br)cc1C1SCCCS1. The molecule has 1 aliphatic heterocycles. The summed E-state index contributed by atoms with van der Waals surface area (Å²) < 4.78 is 8.25. The maximum absolute atomic E-state index is 6.60. The van der Waals surface area contributed by atoms with Crippen molar-refractivity contribution in [2.75, 3.05) is 11.5 Å². The molecule has 1 aliphatic rings. The molecule has 1 aromatic carbocycles. The van der Waals surface area contributed by atoms with Crippen molar-refractivity contribution >= 4 is 47.8 Å². The number of thioether (sulfide) groups is 2. The predicted octanol–water partition coefficient (Wildman–Crippen LogP) is 6.70. The summed E-state index contributed by atoms with van der Waals surface area (Å²) in [6, 6.07) is 6.50. The molecular formula is C16H25BrOS2Si. The lowest BCUT2D eigenvalue weighted by Gasteiger charge is -2.37. The van der Waals surface area contributed by atoms with Crippen molar-refractivity contribution in [3.8, 4) is 5.75 Å². The van der Waals surface area contributed by atoms with Gasteiger partial charge in [0.05, 0.1) is 4.58 Å². The van der Waals surface area contributed by atoms with Crippen LogP contribution in [0.4, 0.5) is 0 Å². The average molecular weight is 405 g/mol. The van der Waals surface area contributed by atoms with Crippen molar-refractivity contribution in [1.29, 1.82) is 0 Å². The maximum atomic E-state index is 6.60. The monoisotopic (exact) mass is 404 g/mol. The van der Waals surface area contributed by atoms with Crippen molar-refractivity contribution in [2.24, 2.45) is 0 Å². The Hall–Kier alpha value is 0.417. The van der Waals surface area contributed by atoms with Crippen LogP contribution in [0.25, 0.3) is 0 Å².